The number of anilines is 3. The fraction of sp³-hybridized carbons (Fsp3) is 0.310. The van der Waals surface area contributed by atoms with Gasteiger partial charge in [-0.25, -0.2) is 0 Å². The van der Waals surface area contributed by atoms with E-state index < -0.39 is 0 Å². The Labute approximate surface area is 218 Å². The van der Waals surface area contributed by atoms with Crippen LogP contribution < -0.4 is 19.4 Å². The van der Waals surface area contributed by atoms with E-state index in [4.69, 9.17) is 16.3 Å². The van der Waals surface area contributed by atoms with Crippen molar-refractivity contribution in [3.63, 3.8) is 0 Å². The van der Waals surface area contributed by atoms with E-state index in [1.165, 1.54) is 0 Å². The Balaban J connectivity index is 1.80. The molecule has 2 atom stereocenters. The second-order valence-corrected chi connectivity index (χ2v) is 9.67. The molecule has 0 saturated heterocycles. The van der Waals surface area contributed by atoms with Gasteiger partial charge in [0.2, 0.25) is 5.91 Å². The van der Waals surface area contributed by atoms with Crippen LogP contribution in [-0.4, -0.2) is 38.6 Å². The van der Waals surface area contributed by atoms with E-state index in [9.17, 15) is 9.59 Å². The lowest BCUT2D eigenvalue weighted by Crippen LogP contribution is -2.47. The Bertz CT molecular complexity index is 1240. The van der Waals surface area contributed by atoms with E-state index in [2.05, 4.69) is 0 Å². The molecule has 0 bridgehead atoms. The first-order chi connectivity index (χ1) is 17.2. The second-order valence-electron chi connectivity index (χ2n) is 9.24. The minimum absolute atomic E-state index is 0.0755. The zero-order chi connectivity index (χ0) is 26.0. The molecule has 0 unspecified atom stereocenters. The van der Waals surface area contributed by atoms with Crippen LogP contribution >= 0.6 is 11.6 Å². The highest BCUT2D eigenvalue weighted by molar-refractivity contribution is 6.30. The number of halogens is 1. The minimum Gasteiger partial charge on any atom is -0.494 e. The number of benzene rings is 3. The second kappa shape index (κ2) is 10.6. The maximum absolute atomic E-state index is 13.8. The molecule has 188 valence electrons. The van der Waals surface area contributed by atoms with E-state index in [1.807, 2.05) is 92.3 Å². The summed E-state index contributed by atoms with van der Waals surface area (Å²) in [5, 5.41) is 0.609. The Morgan fingerprint density at radius 1 is 1.00 bits per heavy atom. The van der Waals surface area contributed by atoms with Crippen molar-refractivity contribution >= 4 is 40.5 Å². The summed E-state index contributed by atoms with van der Waals surface area (Å²) in [6.45, 7) is 6.03. The number of hydrogen-bond donors (Lipinski definition) is 0. The molecular formula is C29H32ClN3O3. The van der Waals surface area contributed by atoms with Crippen molar-refractivity contribution < 1.29 is 14.3 Å². The number of nitrogens with zero attached hydrogens (tertiary/aromatic N) is 3. The molecule has 0 spiro atoms. The van der Waals surface area contributed by atoms with Gasteiger partial charge in [-0.1, -0.05) is 17.7 Å². The van der Waals surface area contributed by atoms with Crippen molar-refractivity contribution in [1.82, 2.24) is 0 Å². The lowest BCUT2D eigenvalue weighted by atomic mass is 9.89. The van der Waals surface area contributed by atoms with Gasteiger partial charge in [0.1, 0.15) is 5.75 Å². The molecular weight excluding hydrogens is 474 g/mol. The molecule has 3 aromatic carbocycles. The summed E-state index contributed by atoms with van der Waals surface area (Å²) in [5.74, 6) is 0.529. The van der Waals surface area contributed by atoms with Crippen molar-refractivity contribution in [3.05, 3.63) is 82.9 Å². The number of fused-ring (bicyclic) bond motifs is 1. The third-order valence-electron chi connectivity index (χ3n) is 6.54. The highest BCUT2D eigenvalue weighted by atomic mass is 35.5. The molecule has 1 heterocycles. The van der Waals surface area contributed by atoms with Gasteiger partial charge < -0.3 is 19.4 Å². The molecule has 0 radical (unpaired) electrons. The van der Waals surface area contributed by atoms with Crippen molar-refractivity contribution in [2.45, 2.75) is 39.3 Å². The number of rotatable bonds is 6. The van der Waals surface area contributed by atoms with Gasteiger partial charge in [0, 0.05) is 55.1 Å². The van der Waals surface area contributed by atoms with E-state index in [-0.39, 0.29) is 23.9 Å². The van der Waals surface area contributed by atoms with E-state index >= 15 is 0 Å². The van der Waals surface area contributed by atoms with Crippen LogP contribution in [0.2, 0.25) is 5.02 Å². The van der Waals surface area contributed by atoms with Crippen LogP contribution in [0.15, 0.2) is 66.7 Å². The SMILES string of the molecule is CCOc1ccc2c(c1)N(C(=O)c1ccc(N(C)C)cc1)[C@H](C)C[C@@H]2N(C(C)=O)c1ccc(Cl)cc1. The van der Waals surface area contributed by atoms with E-state index in [0.29, 0.717) is 29.4 Å². The summed E-state index contributed by atoms with van der Waals surface area (Å²) >= 11 is 6.11. The third-order valence-corrected chi connectivity index (χ3v) is 6.79. The molecule has 36 heavy (non-hydrogen) atoms. The van der Waals surface area contributed by atoms with Crippen LogP contribution in [0.4, 0.5) is 17.1 Å². The van der Waals surface area contributed by atoms with Crippen LogP contribution in [0.25, 0.3) is 0 Å². The Hall–Kier alpha value is -3.51. The third kappa shape index (κ3) is 5.05. The van der Waals surface area contributed by atoms with Crippen LogP contribution in [0.3, 0.4) is 0 Å². The van der Waals surface area contributed by atoms with Crippen LogP contribution in [0.5, 0.6) is 5.75 Å². The first-order valence-corrected chi connectivity index (χ1v) is 12.5. The van der Waals surface area contributed by atoms with Gasteiger partial charge in [0.05, 0.1) is 18.3 Å². The van der Waals surface area contributed by atoms with Crippen molar-refractivity contribution in [2.75, 3.05) is 35.4 Å². The summed E-state index contributed by atoms with van der Waals surface area (Å²) in [5.41, 5.74) is 4.06. The zero-order valence-corrected chi connectivity index (χ0v) is 22.1. The standard InChI is InChI=1S/C29H32ClN3O3/c1-6-36-25-15-16-26-27(33(20(3)34)24-13-9-22(30)10-14-24)17-19(2)32(28(26)18-25)29(35)21-7-11-23(12-8-21)31(4)5/h7-16,18-19,27H,6,17H2,1-5H3/t19-,27+/m1/s1. The van der Waals surface area contributed by atoms with Gasteiger partial charge >= 0.3 is 0 Å². The number of ether oxygens (including phenoxy) is 1. The Kier molecular flexibility index (Phi) is 7.55. The lowest BCUT2D eigenvalue weighted by molar-refractivity contribution is -0.117. The highest BCUT2D eigenvalue weighted by Gasteiger charge is 2.38. The molecule has 0 aliphatic carbocycles. The van der Waals surface area contributed by atoms with Crippen molar-refractivity contribution in [2.24, 2.45) is 0 Å². The minimum atomic E-state index is -0.246. The number of carbonyl (C=O) groups excluding carboxylic acids is 2. The average Bonchev–Trinajstić information content (AvgIpc) is 2.85. The molecule has 6 nitrogen and oxygen atoms in total. The monoisotopic (exact) mass is 505 g/mol. The maximum atomic E-state index is 13.8. The fourth-order valence-electron chi connectivity index (χ4n) is 4.84. The van der Waals surface area contributed by atoms with E-state index in [1.54, 1.807) is 24.0 Å². The topological polar surface area (TPSA) is 53.1 Å². The molecule has 0 saturated carbocycles. The fourth-order valence-corrected chi connectivity index (χ4v) is 4.97. The molecule has 4 rings (SSSR count). The molecule has 2 amide bonds. The van der Waals surface area contributed by atoms with Crippen LogP contribution in [0, 0.1) is 0 Å². The summed E-state index contributed by atoms with van der Waals surface area (Å²) in [6.07, 6.45) is 0.588. The predicted octanol–water partition coefficient (Wildman–Crippen LogP) is 6.34. The highest BCUT2D eigenvalue weighted by Crippen LogP contribution is 2.44. The normalized spacial score (nSPS) is 16.8. The zero-order valence-electron chi connectivity index (χ0n) is 21.4. The predicted molar refractivity (Wildman–Crippen MR) is 147 cm³/mol. The first-order valence-electron chi connectivity index (χ1n) is 12.1. The number of hydrogen-bond acceptors (Lipinski definition) is 4. The summed E-state index contributed by atoms with van der Waals surface area (Å²) in [7, 11) is 3.94. The smallest absolute Gasteiger partial charge is 0.258 e. The summed E-state index contributed by atoms with van der Waals surface area (Å²) in [6, 6.07) is 20.3. The molecule has 1 aliphatic rings. The summed E-state index contributed by atoms with van der Waals surface area (Å²) in [4.78, 5) is 32.4. The van der Waals surface area contributed by atoms with Gasteiger partial charge in [-0.3, -0.25) is 9.59 Å². The maximum Gasteiger partial charge on any atom is 0.258 e. The number of carbonyl (C=O) groups is 2. The molecule has 3 aromatic rings. The average molecular weight is 506 g/mol. The van der Waals surface area contributed by atoms with Crippen LogP contribution in [-0.2, 0) is 4.79 Å². The van der Waals surface area contributed by atoms with Crippen molar-refractivity contribution in [1.29, 1.82) is 0 Å². The van der Waals surface area contributed by atoms with Crippen molar-refractivity contribution in [3.8, 4) is 5.75 Å². The Morgan fingerprint density at radius 2 is 1.64 bits per heavy atom. The van der Waals surface area contributed by atoms with E-state index in [0.717, 1.165) is 22.6 Å². The van der Waals surface area contributed by atoms with Gasteiger partial charge in [-0.2, -0.15) is 0 Å². The number of amides is 2. The largest absolute Gasteiger partial charge is 0.494 e. The quantitative estimate of drug-likeness (QED) is 0.392. The van der Waals surface area contributed by atoms with Gasteiger partial charge in [0.15, 0.2) is 0 Å². The molecule has 0 aromatic heterocycles. The van der Waals surface area contributed by atoms with Gasteiger partial charge in [-0.05, 0) is 80.4 Å². The first kappa shape index (κ1) is 25.6. The van der Waals surface area contributed by atoms with Gasteiger partial charge in [0.25, 0.3) is 5.91 Å². The van der Waals surface area contributed by atoms with Gasteiger partial charge in [-0.15, -0.1) is 0 Å². The molecule has 7 heteroatoms. The van der Waals surface area contributed by atoms with Crippen LogP contribution in [0.1, 0.15) is 49.2 Å². The molecule has 0 N–H and O–H groups in total. The Morgan fingerprint density at radius 3 is 2.22 bits per heavy atom. The summed E-state index contributed by atoms with van der Waals surface area (Å²) < 4.78 is 5.79. The molecule has 1 aliphatic heterocycles. The lowest BCUT2D eigenvalue weighted by Gasteiger charge is -2.43. The molecule has 0 fully saturated rings.